The molecular weight excluding hydrogens is 264 g/mol. The normalized spacial score (nSPS) is 22.0. The van der Waals surface area contributed by atoms with Crippen LogP contribution in [-0.4, -0.2) is 35.8 Å². The van der Waals surface area contributed by atoms with Crippen LogP contribution < -0.4 is 5.32 Å². The Morgan fingerprint density at radius 2 is 1.86 bits per heavy atom. The summed E-state index contributed by atoms with van der Waals surface area (Å²) in [5.74, 6) is 0.117. The van der Waals surface area contributed by atoms with E-state index in [-0.39, 0.29) is 17.7 Å². The molecule has 1 saturated heterocycles. The van der Waals surface area contributed by atoms with Gasteiger partial charge >= 0.3 is 0 Å². The Hall–Kier alpha value is -1.84. The van der Waals surface area contributed by atoms with Gasteiger partial charge in [0.1, 0.15) is 0 Å². The van der Waals surface area contributed by atoms with E-state index in [1.54, 1.807) is 0 Å². The number of carbonyl (C=O) groups excluding carboxylic acids is 2. The summed E-state index contributed by atoms with van der Waals surface area (Å²) >= 11 is 0. The van der Waals surface area contributed by atoms with E-state index in [1.807, 2.05) is 36.1 Å². The van der Waals surface area contributed by atoms with Gasteiger partial charge in [0.05, 0.1) is 5.92 Å². The van der Waals surface area contributed by atoms with Crippen LogP contribution in [0.15, 0.2) is 24.3 Å². The molecule has 4 heteroatoms. The zero-order valence-electron chi connectivity index (χ0n) is 12.5. The van der Waals surface area contributed by atoms with Crippen LogP contribution in [0.25, 0.3) is 0 Å². The first-order valence-electron chi connectivity index (χ1n) is 7.80. The third-order valence-corrected chi connectivity index (χ3v) is 4.30. The second-order valence-electron chi connectivity index (χ2n) is 6.24. The van der Waals surface area contributed by atoms with Crippen molar-refractivity contribution >= 4 is 11.8 Å². The summed E-state index contributed by atoms with van der Waals surface area (Å²) < 4.78 is 0. The van der Waals surface area contributed by atoms with Gasteiger partial charge in [-0.3, -0.25) is 9.59 Å². The second-order valence-corrected chi connectivity index (χ2v) is 6.24. The summed E-state index contributed by atoms with van der Waals surface area (Å²) in [6, 6.07) is 8.03. The minimum absolute atomic E-state index is 0.0407. The molecule has 2 amide bonds. The average molecular weight is 286 g/mol. The summed E-state index contributed by atoms with van der Waals surface area (Å²) in [5.41, 5.74) is 1.86. The van der Waals surface area contributed by atoms with Crippen molar-refractivity contribution in [3.05, 3.63) is 35.4 Å². The third-order valence-electron chi connectivity index (χ3n) is 4.30. The first-order valence-corrected chi connectivity index (χ1v) is 7.80. The topological polar surface area (TPSA) is 49.4 Å². The molecule has 1 N–H and O–H groups in total. The molecule has 1 aromatic carbocycles. The fraction of sp³-hybridized carbons (Fsp3) is 0.529. The predicted molar refractivity (Wildman–Crippen MR) is 81.0 cm³/mol. The van der Waals surface area contributed by atoms with Crippen molar-refractivity contribution in [1.29, 1.82) is 0 Å². The minimum atomic E-state index is -0.0475. The molecule has 1 atom stereocenters. The lowest BCUT2D eigenvalue weighted by atomic mass is 9.96. The Morgan fingerprint density at radius 3 is 2.52 bits per heavy atom. The van der Waals surface area contributed by atoms with Crippen molar-refractivity contribution in [2.45, 2.75) is 38.6 Å². The monoisotopic (exact) mass is 286 g/mol. The molecule has 2 fully saturated rings. The molecule has 0 spiro atoms. The lowest BCUT2D eigenvalue weighted by Gasteiger charge is -2.32. The van der Waals surface area contributed by atoms with Crippen LogP contribution in [0.5, 0.6) is 0 Å². The quantitative estimate of drug-likeness (QED) is 0.925. The minimum Gasteiger partial charge on any atom is -0.353 e. The molecule has 0 radical (unpaired) electrons. The maximum atomic E-state index is 12.5. The van der Waals surface area contributed by atoms with E-state index in [0.717, 1.165) is 37.8 Å². The predicted octanol–water partition coefficient (Wildman–Crippen LogP) is 2.13. The molecule has 4 nitrogen and oxygen atoms in total. The molecule has 0 unspecified atom stereocenters. The van der Waals surface area contributed by atoms with Crippen LogP contribution in [0, 0.1) is 12.8 Å². The smallest absolute Gasteiger partial charge is 0.253 e. The van der Waals surface area contributed by atoms with Gasteiger partial charge in [0.15, 0.2) is 0 Å². The molecule has 2 aliphatic rings. The third kappa shape index (κ3) is 3.43. The van der Waals surface area contributed by atoms with Crippen molar-refractivity contribution in [3.8, 4) is 0 Å². The number of hydrogen-bond donors (Lipinski definition) is 1. The fourth-order valence-electron chi connectivity index (χ4n) is 2.80. The Morgan fingerprint density at radius 1 is 1.14 bits per heavy atom. The van der Waals surface area contributed by atoms with E-state index >= 15 is 0 Å². The van der Waals surface area contributed by atoms with E-state index < -0.39 is 0 Å². The Kier molecular flexibility index (Phi) is 3.95. The summed E-state index contributed by atoms with van der Waals surface area (Å²) in [5, 5.41) is 3.05. The molecule has 1 heterocycles. The average Bonchev–Trinajstić information content (AvgIpc) is 3.31. The molecule has 1 aromatic rings. The zero-order valence-corrected chi connectivity index (χ0v) is 12.5. The summed E-state index contributed by atoms with van der Waals surface area (Å²) in [6.07, 6.45) is 3.99. The highest BCUT2D eigenvalue weighted by molar-refractivity contribution is 5.94. The van der Waals surface area contributed by atoms with Crippen LogP contribution >= 0.6 is 0 Å². The number of benzene rings is 1. The second kappa shape index (κ2) is 5.88. The maximum absolute atomic E-state index is 12.5. The van der Waals surface area contributed by atoms with Gasteiger partial charge in [-0.2, -0.15) is 0 Å². The molecule has 1 aliphatic carbocycles. The molecule has 1 aliphatic heterocycles. The van der Waals surface area contributed by atoms with Gasteiger partial charge in [-0.1, -0.05) is 17.7 Å². The van der Waals surface area contributed by atoms with Crippen molar-refractivity contribution in [2.24, 2.45) is 5.92 Å². The van der Waals surface area contributed by atoms with Crippen LogP contribution in [0.3, 0.4) is 0 Å². The number of likely N-dealkylation sites (tertiary alicyclic amines) is 1. The number of piperidine rings is 1. The highest BCUT2D eigenvalue weighted by Crippen LogP contribution is 2.23. The first-order chi connectivity index (χ1) is 10.1. The molecular formula is C17H22N2O2. The molecule has 0 aromatic heterocycles. The van der Waals surface area contributed by atoms with Gasteiger partial charge in [-0.25, -0.2) is 0 Å². The molecule has 21 heavy (non-hydrogen) atoms. The van der Waals surface area contributed by atoms with Gasteiger partial charge in [0.25, 0.3) is 5.91 Å². The summed E-state index contributed by atoms with van der Waals surface area (Å²) in [6.45, 7) is 3.30. The Bertz CT molecular complexity index is 534. The molecule has 1 saturated carbocycles. The molecule has 3 rings (SSSR count). The van der Waals surface area contributed by atoms with Gasteiger partial charge in [-0.05, 0) is 44.7 Å². The van der Waals surface area contributed by atoms with Crippen molar-refractivity contribution < 1.29 is 9.59 Å². The standard InChI is InChI=1S/C17H22N2O2/c1-12-4-6-13(7-5-12)17(21)19-10-2-3-14(11-19)16(20)18-15-8-9-15/h4-7,14-15H,2-3,8-11H2,1H3,(H,18,20)/t14-/m0/s1. The van der Waals surface area contributed by atoms with Crippen molar-refractivity contribution in [2.75, 3.05) is 13.1 Å². The lowest BCUT2D eigenvalue weighted by Crippen LogP contribution is -2.45. The van der Waals surface area contributed by atoms with E-state index in [0.29, 0.717) is 18.2 Å². The highest BCUT2D eigenvalue weighted by Gasteiger charge is 2.32. The van der Waals surface area contributed by atoms with Gasteiger partial charge in [0, 0.05) is 24.7 Å². The number of nitrogens with zero attached hydrogens (tertiary/aromatic N) is 1. The van der Waals surface area contributed by atoms with E-state index in [2.05, 4.69) is 5.32 Å². The number of amides is 2. The van der Waals surface area contributed by atoms with Crippen molar-refractivity contribution in [3.63, 3.8) is 0 Å². The lowest BCUT2D eigenvalue weighted by molar-refractivity contribution is -0.126. The van der Waals surface area contributed by atoms with Crippen LogP contribution in [-0.2, 0) is 4.79 Å². The Balaban J connectivity index is 1.63. The Labute approximate surface area is 125 Å². The zero-order chi connectivity index (χ0) is 14.8. The number of rotatable bonds is 3. The molecule has 0 bridgehead atoms. The number of nitrogens with one attached hydrogen (secondary N) is 1. The van der Waals surface area contributed by atoms with Crippen LogP contribution in [0.1, 0.15) is 41.6 Å². The summed E-state index contributed by atoms with van der Waals surface area (Å²) in [4.78, 5) is 26.5. The van der Waals surface area contributed by atoms with Crippen LogP contribution in [0.2, 0.25) is 0 Å². The first kappa shape index (κ1) is 14.1. The van der Waals surface area contributed by atoms with Crippen LogP contribution in [0.4, 0.5) is 0 Å². The van der Waals surface area contributed by atoms with Crippen molar-refractivity contribution in [1.82, 2.24) is 10.2 Å². The number of carbonyl (C=O) groups is 2. The maximum Gasteiger partial charge on any atom is 0.253 e. The van der Waals surface area contributed by atoms with Gasteiger partial charge in [-0.15, -0.1) is 0 Å². The van der Waals surface area contributed by atoms with E-state index in [4.69, 9.17) is 0 Å². The SMILES string of the molecule is Cc1ccc(C(=O)N2CCC[C@H](C(=O)NC3CC3)C2)cc1. The number of aryl methyl sites for hydroxylation is 1. The largest absolute Gasteiger partial charge is 0.353 e. The molecule has 112 valence electrons. The number of hydrogen-bond acceptors (Lipinski definition) is 2. The van der Waals surface area contributed by atoms with E-state index in [1.165, 1.54) is 0 Å². The summed E-state index contributed by atoms with van der Waals surface area (Å²) in [7, 11) is 0. The highest BCUT2D eigenvalue weighted by atomic mass is 16.2. The van der Waals surface area contributed by atoms with Gasteiger partial charge < -0.3 is 10.2 Å². The van der Waals surface area contributed by atoms with E-state index in [9.17, 15) is 9.59 Å². The van der Waals surface area contributed by atoms with Gasteiger partial charge in [0.2, 0.25) is 5.91 Å². The fourth-order valence-corrected chi connectivity index (χ4v) is 2.80.